The zero-order valence-electron chi connectivity index (χ0n) is 17.1. The number of aryl methyl sites for hydroxylation is 1. The van der Waals surface area contributed by atoms with Crippen LogP contribution in [0.5, 0.6) is 5.75 Å². The first-order chi connectivity index (χ1) is 14.8. The summed E-state index contributed by atoms with van der Waals surface area (Å²) in [5.41, 5.74) is 1.91. The van der Waals surface area contributed by atoms with Crippen molar-refractivity contribution in [3.05, 3.63) is 83.4 Å². The monoisotopic (exact) mass is 458 g/mol. The predicted octanol–water partition coefficient (Wildman–Crippen LogP) is 5.25. The number of rotatable bonds is 8. The van der Waals surface area contributed by atoms with Gasteiger partial charge in [0.25, 0.3) is 15.9 Å². The lowest BCUT2D eigenvalue weighted by atomic mass is 10.2. The zero-order chi connectivity index (χ0) is 22.4. The van der Waals surface area contributed by atoms with Crippen LogP contribution in [-0.2, 0) is 14.8 Å². The molecule has 3 aromatic carbocycles. The van der Waals surface area contributed by atoms with E-state index in [0.29, 0.717) is 28.6 Å². The van der Waals surface area contributed by atoms with Crippen molar-refractivity contribution in [3.8, 4) is 5.75 Å². The first kappa shape index (κ1) is 22.7. The van der Waals surface area contributed by atoms with Gasteiger partial charge in [0.1, 0.15) is 5.75 Å². The van der Waals surface area contributed by atoms with Gasteiger partial charge in [0, 0.05) is 16.4 Å². The van der Waals surface area contributed by atoms with E-state index in [0.717, 1.165) is 5.56 Å². The molecule has 0 aromatic heterocycles. The van der Waals surface area contributed by atoms with Crippen molar-refractivity contribution in [2.45, 2.75) is 31.3 Å². The Hall–Kier alpha value is -3.03. The van der Waals surface area contributed by atoms with Gasteiger partial charge in [-0.25, -0.2) is 8.42 Å². The van der Waals surface area contributed by atoms with Crippen LogP contribution in [-0.4, -0.2) is 20.4 Å². The summed E-state index contributed by atoms with van der Waals surface area (Å²) in [6.07, 6.45) is -0.242. The molecule has 0 spiro atoms. The van der Waals surface area contributed by atoms with Crippen LogP contribution in [0.4, 0.5) is 11.4 Å². The zero-order valence-corrected chi connectivity index (χ0v) is 18.7. The fourth-order valence-corrected chi connectivity index (χ4v) is 4.04. The van der Waals surface area contributed by atoms with Crippen LogP contribution in [0.3, 0.4) is 0 Å². The lowest BCUT2D eigenvalue weighted by Crippen LogP contribution is -2.32. The minimum Gasteiger partial charge on any atom is -0.481 e. The van der Waals surface area contributed by atoms with Gasteiger partial charge in [-0.3, -0.25) is 9.52 Å². The van der Waals surface area contributed by atoms with E-state index in [-0.39, 0.29) is 10.8 Å². The van der Waals surface area contributed by atoms with E-state index in [2.05, 4.69) is 10.0 Å². The summed E-state index contributed by atoms with van der Waals surface area (Å²) < 4.78 is 33.5. The fourth-order valence-electron chi connectivity index (χ4n) is 2.86. The number of sulfonamides is 1. The second kappa shape index (κ2) is 9.85. The van der Waals surface area contributed by atoms with Crippen molar-refractivity contribution >= 4 is 38.9 Å². The number of hydrogen-bond donors (Lipinski definition) is 2. The van der Waals surface area contributed by atoms with Crippen LogP contribution in [0, 0.1) is 6.92 Å². The van der Waals surface area contributed by atoms with Crippen molar-refractivity contribution in [1.29, 1.82) is 0 Å². The van der Waals surface area contributed by atoms with Crippen LogP contribution in [0.1, 0.15) is 18.9 Å². The third-order valence-corrected chi connectivity index (χ3v) is 6.11. The Morgan fingerprint density at radius 2 is 1.68 bits per heavy atom. The summed E-state index contributed by atoms with van der Waals surface area (Å²) in [6.45, 7) is 3.72. The first-order valence-corrected chi connectivity index (χ1v) is 11.6. The largest absolute Gasteiger partial charge is 0.481 e. The molecule has 8 heteroatoms. The molecule has 0 unspecified atom stereocenters. The second-order valence-electron chi connectivity index (χ2n) is 6.96. The molecule has 1 atom stereocenters. The third-order valence-electron chi connectivity index (χ3n) is 4.46. The summed E-state index contributed by atoms with van der Waals surface area (Å²) in [5, 5.41) is 3.34. The van der Waals surface area contributed by atoms with Crippen molar-refractivity contribution in [2.75, 3.05) is 10.0 Å². The molecule has 3 aromatic rings. The average Bonchev–Trinajstić information content (AvgIpc) is 2.73. The lowest BCUT2D eigenvalue weighted by molar-refractivity contribution is -0.122. The van der Waals surface area contributed by atoms with Gasteiger partial charge in [0.15, 0.2) is 6.10 Å². The van der Waals surface area contributed by atoms with Gasteiger partial charge in [-0.15, -0.1) is 0 Å². The summed E-state index contributed by atoms with van der Waals surface area (Å²) in [5.74, 6) is 0.209. The number of benzene rings is 3. The molecule has 0 saturated heterocycles. The molecule has 0 aliphatic carbocycles. The van der Waals surface area contributed by atoms with E-state index >= 15 is 0 Å². The Morgan fingerprint density at radius 3 is 2.29 bits per heavy atom. The summed E-state index contributed by atoms with van der Waals surface area (Å²) in [4.78, 5) is 12.7. The van der Waals surface area contributed by atoms with Crippen LogP contribution in [0.15, 0.2) is 77.7 Å². The summed E-state index contributed by atoms with van der Waals surface area (Å²) in [6, 6.07) is 19.8. The standard InChI is InChI=1S/C23H23ClN2O4S/c1-3-22(30-20-11-7-17(24)8-12-20)23(27)25-18-9-13-21(14-10-18)31(28,29)26-19-6-4-5-16(2)15-19/h4-15,22,26H,3H2,1-2H3,(H,25,27)/t22-/m0/s1. The van der Waals surface area contributed by atoms with Gasteiger partial charge < -0.3 is 10.1 Å². The highest BCUT2D eigenvalue weighted by Crippen LogP contribution is 2.21. The number of ether oxygens (including phenoxy) is 1. The summed E-state index contributed by atoms with van der Waals surface area (Å²) in [7, 11) is -3.74. The van der Waals surface area contributed by atoms with Crippen LogP contribution in [0.2, 0.25) is 5.02 Å². The number of halogens is 1. The maximum absolute atomic E-state index is 12.6. The molecule has 0 aliphatic heterocycles. The Labute approximate surface area is 187 Å². The summed E-state index contributed by atoms with van der Waals surface area (Å²) >= 11 is 5.87. The molecule has 162 valence electrons. The Kier molecular flexibility index (Phi) is 7.20. The molecule has 0 fully saturated rings. The van der Waals surface area contributed by atoms with Gasteiger partial charge in [0.05, 0.1) is 4.90 Å². The third kappa shape index (κ3) is 6.23. The first-order valence-electron chi connectivity index (χ1n) is 9.69. The number of hydrogen-bond acceptors (Lipinski definition) is 4. The number of amides is 1. The highest BCUT2D eigenvalue weighted by Gasteiger charge is 2.19. The molecule has 0 radical (unpaired) electrons. The smallest absolute Gasteiger partial charge is 0.265 e. The van der Waals surface area contributed by atoms with Gasteiger partial charge in [-0.05, 0) is 79.6 Å². The number of anilines is 2. The molecule has 6 nitrogen and oxygen atoms in total. The topological polar surface area (TPSA) is 84.5 Å². The van der Waals surface area contributed by atoms with Crippen molar-refractivity contribution in [2.24, 2.45) is 0 Å². The fraction of sp³-hybridized carbons (Fsp3) is 0.174. The Balaban J connectivity index is 1.66. The quantitative estimate of drug-likeness (QED) is 0.483. The maximum Gasteiger partial charge on any atom is 0.265 e. The van der Waals surface area contributed by atoms with Crippen molar-refractivity contribution < 1.29 is 17.9 Å². The highest BCUT2D eigenvalue weighted by molar-refractivity contribution is 7.92. The molecule has 31 heavy (non-hydrogen) atoms. The molecule has 1 amide bonds. The van der Waals surface area contributed by atoms with Crippen molar-refractivity contribution in [3.63, 3.8) is 0 Å². The molecule has 3 rings (SSSR count). The van der Waals surface area contributed by atoms with Gasteiger partial charge in [-0.2, -0.15) is 0 Å². The molecular formula is C23H23ClN2O4S. The SMILES string of the molecule is CC[C@H](Oc1ccc(Cl)cc1)C(=O)Nc1ccc(S(=O)(=O)Nc2cccc(C)c2)cc1. The molecule has 0 bridgehead atoms. The molecule has 0 saturated carbocycles. The normalized spacial score (nSPS) is 12.1. The van der Waals surface area contributed by atoms with E-state index in [1.165, 1.54) is 24.3 Å². The minimum absolute atomic E-state index is 0.0939. The van der Waals surface area contributed by atoms with Gasteiger partial charge >= 0.3 is 0 Å². The highest BCUT2D eigenvalue weighted by atomic mass is 35.5. The molecule has 0 aliphatic rings. The van der Waals surface area contributed by atoms with E-state index < -0.39 is 16.1 Å². The lowest BCUT2D eigenvalue weighted by Gasteiger charge is -2.17. The second-order valence-corrected chi connectivity index (χ2v) is 9.08. The predicted molar refractivity (Wildman–Crippen MR) is 123 cm³/mol. The number of carbonyl (C=O) groups excluding carboxylic acids is 1. The number of nitrogens with one attached hydrogen (secondary N) is 2. The van der Waals surface area contributed by atoms with Crippen LogP contribution < -0.4 is 14.8 Å². The molecule has 2 N–H and O–H groups in total. The van der Waals surface area contributed by atoms with Crippen LogP contribution in [0.25, 0.3) is 0 Å². The molecule has 0 heterocycles. The van der Waals surface area contributed by atoms with E-state index in [1.54, 1.807) is 42.5 Å². The maximum atomic E-state index is 12.6. The van der Waals surface area contributed by atoms with Crippen molar-refractivity contribution in [1.82, 2.24) is 0 Å². The van der Waals surface area contributed by atoms with E-state index in [4.69, 9.17) is 16.3 Å². The van der Waals surface area contributed by atoms with Gasteiger partial charge in [-0.1, -0.05) is 30.7 Å². The number of carbonyl (C=O) groups is 1. The average molecular weight is 459 g/mol. The van der Waals surface area contributed by atoms with E-state index in [9.17, 15) is 13.2 Å². The van der Waals surface area contributed by atoms with Crippen LogP contribution >= 0.6 is 11.6 Å². The van der Waals surface area contributed by atoms with Gasteiger partial charge in [0.2, 0.25) is 0 Å². The molecular weight excluding hydrogens is 436 g/mol. The Bertz CT molecular complexity index is 1150. The van der Waals surface area contributed by atoms with E-state index in [1.807, 2.05) is 19.9 Å². The Morgan fingerprint density at radius 1 is 1.00 bits per heavy atom. The minimum atomic E-state index is -3.74.